The summed E-state index contributed by atoms with van der Waals surface area (Å²) in [5, 5.41) is 2.69. The number of carbonyl (C=O) groups excluding carboxylic acids is 2. The molecule has 2 rings (SSSR count). The predicted molar refractivity (Wildman–Crippen MR) is 97.8 cm³/mol. The zero-order chi connectivity index (χ0) is 18.9. The fraction of sp³-hybridized carbons (Fsp3) is 0.100. The van der Waals surface area contributed by atoms with E-state index in [9.17, 15) is 14.0 Å². The highest BCUT2D eigenvalue weighted by atomic mass is 19.1. The van der Waals surface area contributed by atoms with Crippen LogP contribution in [-0.2, 0) is 9.59 Å². The normalized spacial score (nSPS) is 11.3. The first-order chi connectivity index (χ1) is 12.6. The molecule has 0 atom stereocenters. The second-order valence-corrected chi connectivity index (χ2v) is 5.14. The molecule has 0 spiro atoms. The van der Waals surface area contributed by atoms with Gasteiger partial charge in [-0.05, 0) is 48.6 Å². The second-order valence-electron chi connectivity index (χ2n) is 5.14. The number of ether oxygens (including phenoxy) is 2. The van der Waals surface area contributed by atoms with E-state index in [-0.39, 0.29) is 11.1 Å². The smallest absolute Gasteiger partial charge is 0.255 e. The molecule has 0 heterocycles. The standard InChI is InChI=1S/C20H18FNO4/c1-25-16-9-10-17(21)15(13-16)12-14(6-5-11-23)20(24)22-18-7-3-4-8-19(18)26-2/h3-13H,1-2H3,(H,22,24)/b6-5-,14-12-. The van der Waals surface area contributed by atoms with Crippen LogP contribution < -0.4 is 14.8 Å². The van der Waals surface area contributed by atoms with E-state index < -0.39 is 11.7 Å². The maximum atomic E-state index is 14.1. The zero-order valence-electron chi connectivity index (χ0n) is 14.4. The maximum Gasteiger partial charge on any atom is 0.255 e. The fourth-order valence-electron chi connectivity index (χ4n) is 2.20. The van der Waals surface area contributed by atoms with E-state index >= 15 is 0 Å². The second kappa shape index (κ2) is 9.17. The summed E-state index contributed by atoms with van der Waals surface area (Å²) in [4.78, 5) is 23.3. The Balaban J connectivity index is 2.39. The molecule has 1 amide bonds. The highest BCUT2D eigenvalue weighted by molar-refractivity contribution is 6.09. The summed E-state index contributed by atoms with van der Waals surface area (Å²) in [7, 11) is 2.95. The molecule has 2 aromatic rings. The number of carbonyl (C=O) groups is 2. The molecule has 134 valence electrons. The van der Waals surface area contributed by atoms with Gasteiger partial charge < -0.3 is 14.8 Å². The zero-order valence-corrected chi connectivity index (χ0v) is 14.4. The van der Waals surface area contributed by atoms with Crippen molar-refractivity contribution < 1.29 is 23.5 Å². The van der Waals surface area contributed by atoms with E-state index in [1.807, 2.05) is 0 Å². The van der Waals surface area contributed by atoms with Gasteiger partial charge in [-0.15, -0.1) is 0 Å². The number of amides is 1. The Hall–Kier alpha value is -3.41. The topological polar surface area (TPSA) is 64.6 Å². The lowest BCUT2D eigenvalue weighted by molar-refractivity contribution is -0.112. The monoisotopic (exact) mass is 355 g/mol. The van der Waals surface area contributed by atoms with Crippen molar-refractivity contribution in [2.75, 3.05) is 19.5 Å². The van der Waals surface area contributed by atoms with Crippen molar-refractivity contribution in [3.8, 4) is 11.5 Å². The fourth-order valence-corrected chi connectivity index (χ4v) is 2.20. The van der Waals surface area contributed by atoms with Gasteiger partial charge >= 0.3 is 0 Å². The number of rotatable bonds is 7. The number of hydrogen-bond donors (Lipinski definition) is 1. The van der Waals surface area contributed by atoms with Crippen LogP contribution >= 0.6 is 0 Å². The van der Waals surface area contributed by atoms with E-state index in [1.165, 1.54) is 44.6 Å². The van der Waals surface area contributed by atoms with Crippen LogP contribution in [0.3, 0.4) is 0 Å². The molecular weight excluding hydrogens is 337 g/mol. The van der Waals surface area contributed by atoms with Crippen LogP contribution in [0.5, 0.6) is 11.5 Å². The molecule has 5 nitrogen and oxygen atoms in total. The Bertz CT molecular complexity index is 859. The van der Waals surface area contributed by atoms with E-state index in [0.29, 0.717) is 23.5 Å². The molecule has 0 saturated heterocycles. The Morgan fingerprint density at radius 2 is 1.88 bits per heavy atom. The quantitative estimate of drug-likeness (QED) is 0.468. The molecule has 0 aliphatic carbocycles. The van der Waals surface area contributed by atoms with Crippen molar-refractivity contribution in [3.05, 3.63) is 71.6 Å². The molecule has 1 N–H and O–H groups in total. The third-order valence-corrected chi connectivity index (χ3v) is 3.49. The Morgan fingerprint density at radius 1 is 1.12 bits per heavy atom. The molecule has 0 saturated carbocycles. The summed E-state index contributed by atoms with van der Waals surface area (Å²) in [5.41, 5.74) is 0.705. The molecule has 0 unspecified atom stereocenters. The first-order valence-electron chi connectivity index (χ1n) is 7.70. The minimum atomic E-state index is -0.520. The van der Waals surface area contributed by atoms with E-state index in [2.05, 4.69) is 5.32 Å². The first kappa shape index (κ1) is 18.9. The Morgan fingerprint density at radius 3 is 2.58 bits per heavy atom. The average Bonchev–Trinajstić information content (AvgIpc) is 2.66. The summed E-state index contributed by atoms with van der Waals surface area (Å²) >= 11 is 0. The first-order valence-corrected chi connectivity index (χ1v) is 7.70. The van der Waals surface area contributed by atoms with Crippen LogP contribution in [0.4, 0.5) is 10.1 Å². The maximum absolute atomic E-state index is 14.1. The van der Waals surface area contributed by atoms with Gasteiger partial charge in [0.05, 0.1) is 19.9 Å². The van der Waals surface area contributed by atoms with Crippen LogP contribution in [0.25, 0.3) is 6.08 Å². The molecule has 0 aromatic heterocycles. The van der Waals surface area contributed by atoms with Gasteiger partial charge in [-0.2, -0.15) is 0 Å². The van der Waals surface area contributed by atoms with E-state index in [0.717, 1.165) is 6.08 Å². The number of para-hydroxylation sites is 2. The van der Waals surface area contributed by atoms with Gasteiger partial charge in [0.15, 0.2) is 0 Å². The van der Waals surface area contributed by atoms with E-state index in [1.54, 1.807) is 24.3 Å². The summed E-state index contributed by atoms with van der Waals surface area (Å²) in [6.45, 7) is 0. The molecule has 26 heavy (non-hydrogen) atoms. The lowest BCUT2D eigenvalue weighted by Crippen LogP contribution is -2.14. The van der Waals surface area contributed by atoms with Crippen molar-refractivity contribution in [3.63, 3.8) is 0 Å². The average molecular weight is 355 g/mol. The summed E-state index contributed by atoms with van der Waals surface area (Å²) < 4.78 is 24.3. The lowest BCUT2D eigenvalue weighted by atomic mass is 10.1. The number of methoxy groups -OCH3 is 2. The minimum absolute atomic E-state index is 0.0927. The number of anilines is 1. The predicted octanol–water partition coefficient (Wildman–Crippen LogP) is 3.62. The number of allylic oxidation sites excluding steroid dienone is 1. The summed E-state index contributed by atoms with van der Waals surface area (Å²) in [6.07, 6.45) is 4.33. The number of hydrogen-bond acceptors (Lipinski definition) is 4. The molecule has 0 bridgehead atoms. The molecule has 0 aliphatic rings. The van der Waals surface area contributed by atoms with Crippen LogP contribution in [0, 0.1) is 5.82 Å². The number of halogens is 1. The molecule has 6 heteroatoms. The van der Waals surface area contributed by atoms with Crippen molar-refractivity contribution >= 4 is 24.0 Å². The van der Waals surface area contributed by atoms with Crippen molar-refractivity contribution in [2.24, 2.45) is 0 Å². The third kappa shape index (κ3) is 4.80. The lowest BCUT2D eigenvalue weighted by Gasteiger charge is -2.10. The van der Waals surface area contributed by atoms with Gasteiger partial charge in [-0.1, -0.05) is 12.1 Å². The molecule has 0 fully saturated rings. The van der Waals surface area contributed by atoms with Crippen molar-refractivity contribution in [1.29, 1.82) is 0 Å². The van der Waals surface area contributed by atoms with Gasteiger partial charge in [-0.3, -0.25) is 9.59 Å². The number of aldehydes is 1. The number of benzene rings is 2. The van der Waals surface area contributed by atoms with Gasteiger partial charge in [-0.25, -0.2) is 4.39 Å². The van der Waals surface area contributed by atoms with Crippen molar-refractivity contribution in [1.82, 2.24) is 0 Å². The largest absolute Gasteiger partial charge is 0.497 e. The molecule has 0 radical (unpaired) electrons. The van der Waals surface area contributed by atoms with Crippen LogP contribution in [0.2, 0.25) is 0 Å². The van der Waals surface area contributed by atoms with Gasteiger partial charge in [0.2, 0.25) is 0 Å². The molecule has 0 aliphatic heterocycles. The number of nitrogens with one attached hydrogen (secondary N) is 1. The minimum Gasteiger partial charge on any atom is -0.497 e. The SMILES string of the molecule is COc1ccc(F)c(/C=C(/C=C\C=O)C(=O)Nc2ccccc2OC)c1. The summed E-state index contributed by atoms with van der Waals surface area (Å²) in [6, 6.07) is 11.0. The van der Waals surface area contributed by atoms with E-state index in [4.69, 9.17) is 9.47 Å². The Labute approximate surface area is 150 Å². The van der Waals surface area contributed by atoms with Crippen LogP contribution in [-0.4, -0.2) is 26.4 Å². The highest BCUT2D eigenvalue weighted by Gasteiger charge is 2.12. The Kier molecular flexibility index (Phi) is 6.68. The van der Waals surface area contributed by atoms with Gasteiger partial charge in [0.1, 0.15) is 23.6 Å². The third-order valence-electron chi connectivity index (χ3n) is 3.49. The molecular formula is C20H18FNO4. The highest BCUT2D eigenvalue weighted by Crippen LogP contribution is 2.25. The van der Waals surface area contributed by atoms with Crippen LogP contribution in [0.15, 0.2) is 60.2 Å². The summed E-state index contributed by atoms with van der Waals surface area (Å²) in [5.74, 6) is -0.114. The van der Waals surface area contributed by atoms with Gasteiger partial charge in [0, 0.05) is 11.1 Å². The molecule has 2 aromatic carbocycles. The van der Waals surface area contributed by atoms with Gasteiger partial charge in [0.25, 0.3) is 5.91 Å². The van der Waals surface area contributed by atoms with Crippen molar-refractivity contribution in [2.45, 2.75) is 0 Å². The van der Waals surface area contributed by atoms with Crippen LogP contribution in [0.1, 0.15) is 5.56 Å².